The number of nitrogens with zero attached hydrogens (tertiary/aromatic N) is 2. The third kappa shape index (κ3) is 14.4. The van der Waals surface area contributed by atoms with Crippen molar-refractivity contribution in [2.45, 2.75) is 58.1 Å². The molecule has 16 nitrogen and oxygen atoms in total. The van der Waals surface area contributed by atoms with E-state index in [2.05, 4.69) is 31.5 Å². The standard InChI is InChI=1S/C30H39N7O9/c1-30(2,3)46-29(45)35-23(28(43)44)15-18(27(41)42)5-4-6-24(38)32-17-26(40)34-20-9-13-22(14-10-20)37-36-21-11-7-19(8-12-21)33-25(39)16-31/h7-14,18,23H,4-6,15-17,31H2,1-3H3,(H,32,38)(H,33,39)(H,34,40)(H,35,45)(H,41,42)(H,43,44)/t18-,23+/m1/s1. The van der Waals surface area contributed by atoms with Crippen LogP contribution in [0.15, 0.2) is 58.8 Å². The third-order valence-electron chi connectivity index (χ3n) is 6.03. The van der Waals surface area contributed by atoms with Gasteiger partial charge >= 0.3 is 18.0 Å². The normalized spacial score (nSPS) is 12.4. The summed E-state index contributed by atoms with van der Waals surface area (Å²) in [5, 5.41) is 37.1. The maximum Gasteiger partial charge on any atom is 0.408 e. The Kier molecular flexibility index (Phi) is 14.2. The summed E-state index contributed by atoms with van der Waals surface area (Å²) in [4.78, 5) is 71.1. The van der Waals surface area contributed by atoms with Gasteiger partial charge < -0.3 is 42.0 Å². The number of amides is 4. The number of rotatable bonds is 16. The van der Waals surface area contributed by atoms with Gasteiger partial charge in [0.1, 0.15) is 11.6 Å². The number of hydrogen-bond donors (Lipinski definition) is 7. The molecule has 0 fully saturated rings. The Morgan fingerprint density at radius 3 is 1.78 bits per heavy atom. The van der Waals surface area contributed by atoms with Crippen molar-refractivity contribution in [2.75, 3.05) is 23.7 Å². The van der Waals surface area contributed by atoms with Gasteiger partial charge in [0, 0.05) is 17.8 Å². The zero-order chi connectivity index (χ0) is 34.3. The molecule has 0 aliphatic carbocycles. The van der Waals surface area contributed by atoms with Gasteiger partial charge in [0.25, 0.3) is 0 Å². The summed E-state index contributed by atoms with van der Waals surface area (Å²) in [7, 11) is 0. The number of nitrogens with two attached hydrogens (primary N) is 1. The Balaban J connectivity index is 1.76. The highest BCUT2D eigenvalue weighted by Crippen LogP contribution is 2.22. The lowest BCUT2D eigenvalue weighted by atomic mass is 9.94. The second-order valence-electron chi connectivity index (χ2n) is 11.1. The lowest BCUT2D eigenvalue weighted by molar-refractivity contribution is -0.144. The number of aliphatic carboxylic acids is 2. The zero-order valence-corrected chi connectivity index (χ0v) is 25.7. The number of carboxylic acids is 2. The predicted octanol–water partition coefficient (Wildman–Crippen LogP) is 3.29. The number of ether oxygens (including phenoxy) is 1. The third-order valence-corrected chi connectivity index (χ3v) is 6.03. The van der Waals surface area contributed by atoms with E-state index in [-0.39, 0.29) is 38.3 Å². The maximum absolute atomic E-state index is 12.3. The summed E-state index contributed by atoms with van der Waals surface area (Å²) in [6.07, 6.45) is -1.42. The van der Waals surface area contributed by atoms with Crippen LogP contribution in [-0.2, 0) is 28.7 Å². The van der Waals surface area contributed by atoms with Crippen molar-refractivity contribution in [3.63, 3.8) is 0 Å². The number of hydrogen-bond acceptors (Lipinski definition) is 10. The van der Waals surface area contributed by atoms with Crippen LogP contribution in [0.4, 0.5) is 27.5 Å². The van der Waals surface area contributed by atoms with E-state index in [0.29, 0.717) is 22.7 Å². The number of alkyl carbamates (subject to hydrolysis) is 1. The van der Waals surface area contributed by atoms with Gasteiger partial charge in [0.05, 0.1) is 30.4 Å². The molecule has 0 spiro atoms. The minimum absolute atomic E-state index is 0.0310. The van der Waals surface area contributed by atoms with Crippen LogP contribution in [0, 0.1) is 5.92 Å². The van der Waals surface area contributed by atoms with E-state index in [1.165, 1.54) is 0 Å². The molecule has 0 unspecified atom stereocenters. The van der Waals surface area contributed by atoms with Crippen LogP contribution in [0.2, 0.25) is 0 Å². The van der Waals surface area contributed by atoms with E-state index in [4.69, 9.17) is 10.5 Å². The van der Waals surface area contributed by atoms with Gasteiger partial charge in [-0.2, -0.15) is 10.2 Å². The first-order valence-corrected chi connectivity index (χ1v) is 14.3. The fraction of sp³-hybridized carbons (Fsp3) is 0.400. The fourth-order valence-electron chi connectivity index (χ4n) is 3.83. The number of benzene rings is 2. The number of azo groups is 1. The SMILES string of the molecule is CC(C)(C)OC(=O)N[C@@H](C[C@@H](CCCC(=O)NCC(=O)Nc1ccc(N=Nc2ccc(NC(=O)CN)cc2)cc1)C(=O)O)C(=O)O. The van der Waals surface area contributed by atoms with Crippen LogP contribution in [-0.4, -0.2) is 70.7 Å². The Hall–Kier alpha value is -5.38. The molecule has 0 bridgehead atoms. The van der Waals surface area contributed by atoms with Gasteiger partial charge in [-0.05, 0) is 88.6 Å². The predicted molar refractivity (Wildman–Crippen MR) is 167 cm³/mol. The van der Waals surface area contributed by atoms with Crippen molar-refractivity contribution in [3.05, 3.63) is 48.5 Å². The second kappa shape index (κ2) is 17.8. The van der Waals surface area contributed by atoms with Crippen molar-refractivity contribution < 1.29 is 43.7 Å². The molecule has 2 aromatic rings. The zero-order valence-electron chi connectivity index (χ0n) is 25.7. The van der Waals surface area contributed by atoms with Crippen molar-refractivity contribution >= 4 is 58.5 Å². The molecule has 0 saturated carbocycles. The molecule has 0 heterocycles. The van der Waals surface area contributed by atoms with E-state index in [9.17, 15) is 39.0 Å². The van der Waals surface area contributed by atoms with Gasteiger partial charge in [0.15, 0.2) is 0 Å². The van der Waals surface area contributed by atoms with E-state index in [1.807, 2.05) is 0 Å². The van der Waals surface area contributed by atoms with Crippen molar-refractivity contribution in [2.24, 2.45) is 21.9 Å². The van der Waals surface area contributed by atoms with Crippen molar-refractivity contribution in [1.82, 2.24) is 10.6 Å². The Morgan fingerprint density at radius 2 is 1.33 bits per heavy atom. The molecule has 0 radical (unpaired) electrons. The summed E-state index contributed by atoms with van der Waals surface area (Å²) >= 11 is 0. The highest BCUT2D eigenvalue weighted by molar-refractivity contribution is 5.94. The van der Waals surface area contributed by atoms with Gasteiger partial charge in [-0.1, -0.05) is 0 Å². The number of carbonyl (C=O) groups is 6. The number of carboxylic acid groups (broad SMARTS) is 2. The highest BCUT2D eigenvalue weighted by Gasteiger charge is 2.30. The molecule has 0 aromatic heterocycles. The van der Waals surface area contributed by atoms with E-state index >= 15 is 0 Å². The first-order valence-electron chi connectivity index (χ1n) is 14.3. The highest BCUT2D eigenvalue weighted by atomic mass is 16.6. The van der Waals surface area contributed by atoms with Crippen LogP contribution in [0.25, 0.3) is 0 Å². The monoisotopic (exact) mass is 641 g/mol. The molecule has 0 saturated heterocycles. The summed E-state index contributed by atoms with van der Waals surface area (Å²) in [5.74, 6) is -5.14. The van der Waals surface area contributed by atoms with Crippen molar-refractivity contribution in [1.29, 1.82) is 0 Å². The van der Waals surface area contributed by atoms with E-state index in [1.54, 1.807) is 69.3 Å². The van der Waals surface area contributed by atoms with E-state index < -0.39 is 53.8 Å². The van der Waals surface area contributed by atoms with Crippen LogP contribution < -0.4 is 27.0 Å². The number of nitrogens with one attached hydrogen (secondary N) is 4. The lowest BCUT2D eigenvalue weighted by Crippen LogP contribution is -2.45. The molecule has 8 N–H and O–H groups in total. The lowest BCUT2D eigenvalue weighted by Gasteiger charge is -2.23. The Bertz CT molecular complexity index is 1410. The van der Waals surface area contributed by atoms with Crippen LogP contribution in [0.5, 0.6) is 0 Å². The average Bonchev–Trinajstić information content (AvgIpc) is 2.98. The van der Waals surface area contributed by atoms with Crippen LogP contribution >= 0.6 is 0 Å². The molecule has 2 rings (SSSR count). The number of carbonyl (C=O) groups excluding carboxylic acids is 4. The van der Waals surface area contributed by atoms with E-state index in [0.717, 1.165) is 0 Å². The first-order chi connectivity index (χ1) is 21.6. The molecule has 2 aromatic carbocycles. The molecular formula is C30H39N7O9. The summed E-state index contributed by atoms with van der Waals surface area (Å²) in [6.45, 7) is 4.35. The molecule has 0 aliphatic heterocycles. The second-order valence-corrected chi connectivity index (χ2v) is 11.1. The summed E-state index contributed by atoms with van der Waals surface area (Å²) < 4.78 is 5.03. The smallest absolute Gasteiger partial charge is 0.408 e. The Morgan fingerprint density at radius 1 is 0.804 bits per heavy atom. The first kappa shape index (κ1) is 36.8. The molecule has 0 aliphatic rings. The van der Waals surface area contributed by atoms with Gasteiger partial charge in [-0.15, -0.1) is 0 Å². The Labute approximate surface area is 265 Å². The molecule has 4 amide bonds. The van der Waals surface area contributed by atoms with Crippen molar-refractivity contribution in [3.8, 4) is 0 Å². The molecular weight excluding hydrogens is 602 g/mol. The average molecular weight is 642 g/mol. The maximum atomic E-state index is 12.3. The molecule has 46 heavy (non-hydrogen) atoms. The topological polar surface area (TPSA) is 251 Å². The number of anilines is 2. The fourth-order valence-corrected chi connectivity index (χ4v) is 3.83. The molecule has 2 atom stereocenters. The van der Waals surface area contributed by atoms with Gasteiger partial charge in [-0.25, -0.2) is 9.59 Å². The van der Waals surface area contributed by atoms with Gasteiger partial charge in [0.2, 0.25) is 17.7 Å². The molecule has 16 heteroatoms. The minimum atomic E-state index is -1.50. The summed E-state index contributed by atoms with van der Waals surface area (Å²) in [5.41, 5.74) is 6.50. The largest absolute Gasteiger partial charge is 0.481 e. The molecule has 248 valence electrons. The quantitative estimate of drug-likeness (QED) is 0.132. The minimum Gasteiger partial charge on any atom is -0.481 e. The van der Waals surface area contributed by atoms with Crippen LogP contribution in [0.1, 0.15) is 46.5 Å². The van der Waals surface area contributed by atoms with Crippen LogP contribution in [0.3, 0.4) is 0 Å². The van der Waals surface area contributed by atoms with Gasteiger partial charge in [-0.3, -0.25) is 19.2 Å². The summed E-state index contributed by atoms with van der Waals surface area (Å²) in [6, 6.07) is 11.6.